The molecule has 0 spiro atoms. The number of nitrogens with zero attached hydrogens (tertiary/aromatic N) is 2. The maximum absolute atomic E-state index is 4.51. The highest BCUT2D eigenvalue weighted by Crippen LogP contribution is 2.23. The summed E-state index contributed by atoms with van der Waals surface area (Å²) in [6.07, 6.45) is 5.28. The quantitative estimate of drug-likeness (QED) is 0.422. The monoisotopic (exact) mass is 416 g/mol. The Morgan fingerprint density at radius 1 is 0.769 bits per heavy atom. The summed E-state index contributed by atoms with van der Waals surface area (Å²) < 4.78 is 3.09. The van der Waals surface area contributed by atoms with Crippen LogP contribution in [0.25, 0.3) is 16.5 Å². The van der Waals surface area contributed by atoms with Crippen molar-refractivity contribution in [3.8, 4) is 5.69 Å². The molecule has 142 valence electrons. The Balaban J connectivity index is 0.000000360. The van der Waals surface area contributed by atoms with Gasteiger partial charge >= 0.3 is 0 Å². The van der Waals surface area contributed by atoms with Crippen LogP contribution in [-0.2, 0) is 0 Å². The van der Waals surface area contributed by atoms with Crippen LogP contribution in [0.4, 0.5) is 0 Å². The van der Waals surface area contributed by atoms with E-state index in [-0.39, 0.29) is 0 Å². The van der Waals surface area contributed by atoms with Gasteiger partial charge in [-0.25, -0.2) is 4.68 Å². The van der Waals surface area contributed by atoms with Gasteiger partial charge in [-0.05, 0) is 55.0 Å². The van der Waals surface area contributed by atoms with Gasteiger partial charge in [0.05, 0.1) is 11.4 Å². The van der Waals surface area contributed by atoms with Crippen LogP contribution in [0.1, 0.15) is 64.8 Å². The van der Waals surface area contributed by atoms with E-state index in [9.17, 15) is 0 Å². The number of hydrogen-bond donors (Lipinski definition) is 0. The topological polar surface area (TPSA) is 17.8 Å². The molecule has 3 aromatic rings. The molecule has 2 aromatic carbocycles. The third-order valence-electron chi connectivity index (χ3n) is 4.04. The predicted octanol–water partition coefficient (Wildman–Crippen LogP) is 8.02. The van der Waals surface area contributed by atoms with Crippen molar-refractivity contribution in [3.05, 3.63) is 58.3 Å². The Bertz CT molecular complexity index is 782. The normalized spacial score (nSPS) is 9.96. The molecule has 0 bridgehead atoms. The van der Waals surface area contributed by atoms with Gasteiger partial charge in [0, 0.05) is 10.2 Å². The number of benzene rings is 2. The fraction of sp³-hybridized carbons (Fsp3) is 0.435. The molecule has 26 heavy (non-hydrogen) atoms. The fourth-order valence-electron chi connectivity index (χ4n) is 2.23. The number of rotatable bonds is 3. The van der Waals surface area contributed by atoms with E-state index in [1.807, 2.05) is 11.6 Å². The molecule has 2 nitrogen and oxygen atoms in total. The van der Waals surface area contributed by atoms with E-state index in [1.54, 1.807) is 0 Å². The van der Waals surface area contributed by atoms with E-state index < -0.39 is 0 Å². The summed E-state index contributed by atoms with van der Waals surface area (Å²) in [7, 11) is 0. The third kappa shape index (κ3) is 6.95. The van der Waals surface area contributed by atoms with Gasteiger partial charge in [-0.2, -0.15) is 5.10 Å². The minimum absolute atomic E-state index is 1.04. The van der Waals surface area contributed by atoms with E-state index in [1.165, 1.54) is 36.5 Å². The molecule has 0 amide bonds. The number of fused-ring (bicyclic) bond motifs is 1. The Hall–Kier alpha value is -1.61. The lowest BCUT2D eigenvalue weighted by Crippen LogP contribution is -1.98. The summed E-state index contributed by atoms with van der Waals surface area (Å²) in [6, 6.07) is 14.8. The second-order valence-corrected chi connectivity index (χ2v) is 7.43. The average molecular weight is 417 g/mol. The zero-order valence-electron chi connectivity index (χ0n) is 17.1. The average Bonchev–Trinajstić information content (AvgIpc) is 2.99. The first-order valence-corrected chi connectivity index (χ1v) is 10.5. The van der Waals surface area contributed by atoms with Crippen LogP contribution in [0.2, 0.25) is 0 Å². The highest BCUT2D eigenvalue weighted by molar-refractivity contribution is 9.10. The van der Waals surface area contributed by atoms with Gasteiger partial charge in [0.25, 0.3) is 0 Å². The van der Waals surface area contributed by atoms with Crippen LogP contribution in [-0.4, -0.2) is 9.78 Å². The molecular formula is C23H33BrN2. The van der Waals surface area contributed by atoms with Crippen molar-refractivity contribution in [3.63, 3.8) is 0 Å². The lowest BCUT2D eigenvalue weighted by atomic mass is 10.1. The standard InChI is InChI=1S/C15H13BrN2.2C4H10/c1-10-7-11(2)18(17-10)15-6-4-12-8-14(16)5-3-13(12)9-15;2*1-3-4-2/h3-9H,1-2H3;2*3-4H2,1-2H3. The number of aromatic nitrogens is 2. The summed E-state index contributed by atoms with van der Waals surface area (Å²) in [5.41, 5.74) is 3.31. The van der Waals surface area contributed by atoms with Crippen molar-refractivity contribution in [2.24, 2.45) is 0 Å². The Morgan fingerprint density at radius 3 is 1.81 bits per heavy atom. The molecule has 0 aliphatic heterocycles. The van der Waals surface area contributed by atoms with Gasteiger partial charge in [-0.1, -0.05) is 81.4 Å². The zero-order valence-corrected chi connectivity index (χ0v) is 18.7. The Morgan fingerprint density at radius 2 is 1.31 bits per heavy atom. The number of halogens is 1. The minimum Gasteiger partial charge on any atom is -0.238 e. The molecule has 0 saturated carbocycles. The number of unbranched alkanes of at least 4 members (excludes halogenated alkanes) is 2. The molecule has 0 unspecified atom stereocenters. The molecule has 0 atom stereocenters. The van der Waals surface area contributed by atoms with Crippen LogP contribution < -0.4 is 0 Å². The minimum atomic E-state index is 1.04. The van der Waals surface area contributed by atoms with Crippen molar-refractivity contribution in [2.45, 2.75) is 67.2 Å². The van der Waals surface area contributed by atoms with E-state index in [4.69, 9.17) is 0 Å². The predicted molar refractivity (Wildman–Crippen MR) is 119 cm³/mol. The van der Waals surface area contributed by atoms with Crippen molar-refractivity contribution < 1.29 is 0 Å². The molecule has 3 rings (SSSR count). The molecule has 0 radical (unpaired) electrons. The molecule has 0 N–H and O–H groups in total. The molecule has 1 aromatic heterocycles. The smallest absolute Gasteiger partial charge is 0.0655 e. The van der Waals surface area contributed by atoms with E-state index in [0.29, 0.717) is 0 Å². The van der Waals surface area contributed by atoms with E-state index in [0.717, 1.165) is 21.5 Å². The van der Waals surface area contributed by atoms with Gasteiger partial charge in [0.2, 0.25) is 0 Å². The number of hydrogen-bond acceptors (Lipinski definition) is 1. The summed E-state index contributed by atoms with van der Waals surface area (Å²) in [6.45, 7) is 12.8. The Kier molecular flexibility index (Phi) is 10.3. The first kappa shape index (κ1) is 22.4. The van der Waals surface area contributed by atoms with Crippen LogP contribution in [0, 0.1) is 13.8 Å². The second-order valence-electron chi connectivity index (χ2n) is 6.51. The SMILES string of the molecule is CCCC.CCCC.Cc1cc(C)n(-c2ccc3cc(Br)ccc3c2)n1. The molecule has 3 heteroatoms. The van der Waals surface area contributed by atoms with Gasteiger partial charge in [0.15, 0.2) is 0 Å². The molecule has 0 aliphatic rings. The third-order valence-corrected chi connectivity index (χ3v) is 4.53. The van der Waals surface area contributed by atoms with Crippen molar-refractivity contribution >= 4 is 26.7 Å². The van der Waals surface area contributed by atoms with Gasteiger partial charge in [0.1, 0.15) is 0 Å². The maximum Gasteiger partial charge on any atom is 0.0655 e. The van der Waals surface area contributed by atoms with Crippen LogP contribution in [0.15, 0.2) is 46.9 Å². The molecule has 0 fully saturated rings. The molecule has 1 heterocycles. The van der Waals surface area contributed by atoms with Gasteiger partial charge in [-0.3, -0.25) is 0 Å². The van der Waals surface area contributed by atoms with Crippen molar-refractivity contribution in [1.29, 1.82) is 0 Å². The maximum atomic E-state index is 4.51. The molecule has 0 aliphatic carbocycles. The van der Waals surface area contributed by atoms with E-state index in [2.05, 4.69) is 98.1 Å². The number of aryl methyl sites for hydroxylation is 2. The fourth-order valence-corrected chi connectivity index (χ4v) is 2.60. The lowest BCUT2D eigenvalue weighted by Gasteiger charge is -2.06. The van der Waals surface area contributed by atoms with E-state index >= 15 is 0 Å². The Labute approximate surface area is 167 Å². The largest absolute Gasteiger partial charge is 0.238 e. The summed E-state index contributed by atoms with van der Waals surface area (Å²) in [5.74, 6) is 0. The van der Waals surface area contributed by atoms with Crippen LogP contribution in [0.5, 0.6) is 0 Å². The second kappa shape index (κ2) is 11.9. The molecular weight excluding hydrogens is 384 g/mol. The van der Waals surface area contributed by atoms with Gasteiger partial charge in [-0.15, -0.1) is 0 Å². The summed E-state index contributed by atoms with van der Waals surface area (Å²) in [5, 5.41) is 6.97. The molecule has 0 saturated heterocycles. The highest BCUT2D eigenvalue weighted by Gasteiger charge is 2.04. The summed E-state index contributed by atoms with van der Waals surface area (Å²) >= 11 is 3.49. The highest BCUT2D eigenvalue weighted by atomic mass is 79.9. The zero-order chi connectivity index (χ0) is 19.5. The van der Waals surface area contributed by atoms with Gasteiger partial charge < -0.3 is 0 Å². The first-order valence-electron chi connectivity index (χ1n) is 9.69. The van der Waals surface area contributed by atoms with Crippen LogP contribution >= 0.6 is 15.9 Å². The van der Waals surface area contributed by atoms with Crippen molar-refractivity contribution in [1.82, 2.24) is 9.78 Å². The van der Waals surface area contributed by atoms with Crippen LogP contribution in [0.3, 0.4) is 0 Å². The summed E-state index contributed by atoms with van der Waals surface area (Å²) in [4.78, 5) is 0. The first-order chi connectivity index (χ1) is 12.5. The van der Waals surface area contributed by atoms with Crippen molar-refractivity contribution in [2.75, 3.05) is 0 Å². The lowest BCUT2D eigenvalue weighted by molar-refractivity contribution is 0.835.